The Kier molecular flexibility index (Phi) is 4.89. The molecule has 0 aliphatic heterocycles. The largest absolute Gasteiger partial charge is 0.493 e. The first-order valence-electron chi connectivity index (χ1n) is 7.55. The van der Waals surface area contributed by atoms with Crippen LogP contribution in [0.2, 0.25) is 0 Å². The zero-order valence-electron chi connectivity index (χ0n) is 13.8. The topological polar surface area (TPSA) is 91.2 Å². The maximum absolute atomic E-state index is 12.6. The number of hydrogen-bond acceptors (Lipinski definition) is 6. The van der Waals surface area contributed by atoms with Gasteiger partial charge in [0.05, 0.1) is 25.5 Å². The van der Waals surface area contributed by atoms with Gasteiger partial charge in [0.2, 0.25) is 0 Å². The highest BCUT2D eigenvalue weighted by molar-refractivity contribution is 5.97. The number of nitrogens with zero attached hydrogens (tertiary/aromatic N) is 4. The van der Waals surface area contributed by atoms with E-state index in [1.165, 1.54) is 11.0 Å². The Hall–Kier alpha value is -3.42. The highest BCUT2D eigenvalue weighted by Gasteiger charge is 2.15. The van der Waals surface area contributed by atoms with E-state index in [-0.39, 0.29) is 5.91 Å². The fourth-order valence-corrected chi connectivity index (χ4v) is 2.50. The van der Waals surface area contributed by atoms with Crippen LogP contribution < -0.4 is 14.8 Å². The van der Waals surface area contributed by atoms with Gasteiger partial charge in [-0.15, -0.1) is 5.10 Å². The van der Waals surface area contributed by atoms with Gasteiger partial charge in [-0.25, -0.2) is 0 Å². The molecular formula is C17H17N5O3. The van der Waals surface area contributed by atoms with Crippen LogP contribution in [0.3, 0.4) is 0 Å². The zero-order chi connectivity index (χ0) is 17.6. The Morgan fingerprint density at radius 1 is 1.12 bits per heavy atom. The van der Waals surface area contributed by atoms with E-state index >= 15 is 0 Å². The highest BCUT2D eigenvalue weighted by atomic mass is 16.5. The third-order valence-corrected chi connectivity index (χ3v) is 3.67. The van der Waals surface area contributed by atoms with Gasteiger partial charge in [-0.05, 0) is 28.6 Å². The van der Waals surface area contributed by atoms with Gasteiger partial charge in [-0.1, -0.05) is 24.3 Å². The van der Waals surface area contributed by atoms with Crippen molar-refractivity contribution in [2.75, 3.05) is 14.2 Å². The predicted octanol–water partition coefficient (Wildman–Crippen LogP) is 1.61. The SMILES string of the molecule is COc1cccc(CNC(=O)c2ccccc2-n2cnnn2)c1OC. The van der Waals surface area contributed by atoms with Gasteiger partial charge in [-0.2, -0.15) is 4.68 Å². The summed E-state index contributed by atoms with van der Waals surface area (Å²) in [6.45, 7) is 0.295. The lowest BCUT2D eigenvalue weighted by Gasteiger charge is -2.14. The van der Waals surface area contributed by atoms with E-state index in [2.05, 4.69) is 20.8 Å². The molecule has 0 fully saturated rings. The molecule has 1 heterocycles. The second-order valence-corrected chi connectivity index (χ2v) is 5.11. The van der Waals surface area contributed by atoms with Gasteiger partial charge in [-0.3, -0.25) is 4.79 Å². The molecule has 25 heavy (non-hydrogen) atoms. The van der Waals surface area contributed by atoms with Crippen molar-refractivity contribution in [2.24, 2.45) is 0 Å². The Labute approximate surface area is 144 Å². The van der Waals surface area contributed by atoms with Gasteiger partial charge >= 0.3 is 0 Å². The molecule has 128 valence electrons. The van der Waals surface area contributed by atoms with Crippen molar-refractivity contribution in [1.29, 1.82) is 0 Å². The quantitative estimate of drug-likeness (QED) is 0.734. The molecule has 0 radical (unpaired) electrons. The standard InChI is InChI=1S/C17H17N5O3/c1-24-15-9-5-6-12(16(15)25-2)10-18-17(23)13-7-3-4-8-14(13)22-11-19-20-21-22/h3-9,11H,10H2,1-2H3,(H,18,23). The lowest BCUT2D eigenvalue weighted by molar-refractivity contribution is 0.0950. The van der Waals surface area contributed by atoms with Crippen molar-refractivity contribution in [3.05, 3.63) is 59.9 Å². The van der Waals surface area contributed by atoms with Crippen LogP contribution in [0.1, 0.15) is 15.9 Å². The van der Waals surface area contributed by atoms with Crippen LogP contribution in [0, 0.1) is 0 Å². The molecule has 8 nitrogen and oxygen atoms in total. The van der Waals surface area contributed by atoms with Crippen LogP contribution in [0.25, 0.3) is 5.69 Å². The summed E-state index contributed by atoms with van der Waals surface area (Å²) < 4.78 is 12.1. The number of benzene rings is 2. The molecule has 0 bridgehead atoms. The van der Waals surface area contributed by atoms with E-state index in [1.807, 2.05) is 18.2 Å². The van der Waals surface area contributed by atoms with Crippen LogP contribution >= 0.6 is 0 Å². The summed E-state index contributed by atoms with van der Waals surface area (Å²) in [6, 6.07) is 12.6. The predicted molar refractivity (Wildman–Crippen MR) is 89.9 cm³/mol. The minimum atomic E-state index is -0.240. The summed E-state index contributed by atoms with van der Waals surface area (Å²) in [5.41, 5.74) is 1.88. The van der Waals surface area contributed by atoms with Crippen LogP contribution in [0.15, 0.2) is 48.8 Å². The van der Waals surface area contributed by atoms with Gasteiger partial charge in [0, 0.05) is 12.1 Å². The molecule has 0 atom stereocenters. The van der Waals surface area contributed by atoms with Crippen molar-refractivity contribution >= 4 is 5.91 Å². The molecule has 0 saturated carbocycles. The fourth-order valence-electron chi connectivity index (χ4n) is 2.50. The maximum Gasteiger partial charge on any atom is 0.253 e. The van der Waals surface area contributed by atoms with Crippen molar-refractivity contribution < 1.29 is 14.3 Å². The number of methoxy groups -OCH3 is 2. The number of para-hydroxylation sites is 2. The molecule has 3 rings (SSSR count). The molecule has 0 aliphatic rings. The first-order valence-corrected chi connectivity index (χ1v) is 7.55. The van der Waals surface area contributed by atoms with Crippen LogP contribution in [0.5, 0.6) is 11.5 Å². The van der Waals surface area contributed by atoms with Crippen molar-refractivity contribution in [2.45, 2.75) is 6.54 Å². The Balaban J connectivity index is 1.81. The molecule has 2 aromatic carbocycles. The summed E-state index contributed by atoms with van der Waals surface area (Å²) in [4.78, 5) is 12.6. The molecule has 1 aromatic heterocycles. The number of tetrazole rings is 1. The Morgan fingerprint density at radius 3 is 2.68 bits per heavy atom. The van der Waals surface area contributed by atoms with Gasteiger partial charge in [0.1, 0.15) is 6.33 Å². The van der Waals surface area contributed by atoms with E-state index in [0.29, 0.717) is 29.3 Å². The van der Waals surface area contributed by atoms with E-state index in [9.17, 15) is 4.79 Å². The third kappa shape index (κ3) is 3.42. The summed E-state index contributed by atoms with van der Waals surface area (Å²) in [6.07, 6.45) is 1.44. The second kappa shape index (κ2) is 7.43. The Bertz CT molecular complexity index is 864. The van der Waals surface area contributed by atoms with E-state index in [4.69, 9.17) is 9.47 Å². The maximum atomic E-state index is 12.6. The van der Waals surface area contributed by atoms with Gasteiger partial charge in [0.25, 0.3) is 5.91 Å². The number of carbonyl (C=O) groups is 1. The average molecular weight is 339 g/mol. The normalized spacial score (nSPS) is 10.3. The molecule has 1 N–H and O–H groups in total. The van der Waals surface area contributed by atoms with Crippen molar-refractivity contribution in [1.82, 2.24) is 25.5 Å². The average Bonchev–Trinajstić information content (AvgIpc) is 3.20. The lowest BCUT2D eigenvalue weighted by Crippen LogP contribution is -2.24. The summed E-state index contributed by atoms with van der Waals surface area (Å²) in [7, 11) is 3.14. The zero-order valence-corrected chi connectivity index (χ0v) is 13.8. The van der Waals surface area contributed by atoms with Crippen LogP contribution in [0.4, 0.5) is 0 Å². The second-order valence-electron chi connectivity index (χ2n) is 5.11. The third-order valence-electron chi connectivity index (χ3n) is 3.67. The number of ether oxygens (including phenoxy) is 2. The fraction of sp³-hybridized carbons (Fsp3) is 0.176. The first-order chi connectivity index (χ1) is 12.2. The number of amides is 1. The first kappa shape index (κ1) is 16.4. The minimum absolute atomic E-state index is 0.240. The number of aromatic nitrogens is 4. The smallest absolute Gasteiger partial charge is 0.253 e. The molecule has 3 aromatic rings. The number of nitrogens with one attached hydrogen (secondary N) is 1. The van der Waals surface area contributed by atoms with Gasteiger partial charge < -0.3 is 14.8 Å². The number of hydrogen-bond donors (Lipinski definition) is 1. The summed E-state index contributed by atoms with van der Waals surface area (Å²) >= 11 is 0. The monoisotopic (exact) mass is 339 g/mol. The number of carbonyl (C=O) groups excluding carboxylic acids is 1. The molecule has 0 unspecified atom stereocenters. The molecule has 0 spiro atoms. The molecule has 0 aliphatic carbocycles. The Morgan fingerprint density at radius 2 is 1.96 bits per heavy atom. The van der Waals surface area contributed by atoms with Crippen molar-refractivity contribution in [3.63, 3.8) is 0 Å². The minimum Gasteiger partial charge on any atom is -0.493 e. The summed E-state index contributed by atoms with van der Waals surface area (Å²) in [5.74, 6) is 0.971. The molecule has 8 heteroatoms. The van der Waals surface area contributed by atoms with E-state index in [1.54, 1.807) is 38.5 Å². The van der Waals surface area contributed by atoms with E-state index in [0.717, 1.165) is 5.56 Å². The van der Waals surface area contributed by atoms with Crippen LogP contribution in [-0.4, -0.2) is 40.3 Å². The lowest BCUT2D eigenvalue weighted by atomic mass is 10.1. The van der Waals surface area contributed by atoms with Gasteiger partial charge in [0.15, 0.2) is 11.5 Å². The van der Waals surface area contributed by atoms with Crippen LogP contribution in [-0.2, 0) is 6.54 Å². The highest BCUT2D eigenvalue weighted by Crippen LogP contribution is 2.30. The molecule has 1 amide bonds. The molecule has 0 saturated heterocycles. The summed E-state index contributed by atoms with van der Waals surface area (Å²) in [5, 5.41) is 13.9. The number of rotatable bonds is 6. The molecular weight excluding hydrogens is 322 g/mol. The van der Waals surface area contributed by atoms with E-state index < -0.39 is 0 Å². The van der Waals surface area contributed by atoms with Crippen molar-refractivity contribution in [3.8, 4) is 17.2 Å².